The van der Waals surface area contributed by atoms with Crippen molar-refractivity contribution in [2.45, 2.75) is 45.6 Å². The average Bonchev–Trinajstić information content (AvgIpc) is 2.43. The van der Waals surface area contributed by atoms with Crippen LogP contribution in [0.4, 0.5) is 0 Å². The fraction of sp³-hybridized carbons (Fsp3) is 0.625. The van der Waals surface area contributed by atoms with E-state index in [0.29, 0.717) is 6.04 Å². The van der Waals surface area contributed by atoms with Gasteiger partial charge in [-0.3, -0.25) is 0 Å². The third-order valence-electron chi connectivity index (χ3n) is 3.04. The smallest absolute Gasteiger partial charge is 0.0484 e. The summed E-state index contributed by atoms with van der Waals surface area (Å²) in [6.45, 7) is 7.20. The first-order valence-electron chi connectivity index (χ1n) is 7.24. The molecule has 0 aliphatic carbocycles. The Bertz CT molecular complexity index is 286. The van der Waals surface area contributed by atoms with Crippen LogP contribution in [0.2, 0.25) is 0 Å². The highest BCUT2D eigenvalue weighted by Crippen LogP contribution is 2.16. The molecule has 1 atom stereocenters. The second-order valence-electron chi connectivity index (χ2n) is 4.67. The Kier molecular flexibility index (Phi) is 8.53. The molecule has 0 aliphatic heterocycles. The second kappa shape index (κ2) is 10.1. The highest BCUT2D eigenvalue weighted by atomic mass is 16.5. The van der Waals surface area contributed by atoms with E-state index in [1.54, 1.807) is 0 Å². The first-order valence-corrected chi connectivity index (χ1v) is 7.24. The molecular formula is C16H27NO. The molecule has 2 nitrogen and oxygen atoms in total. The topological polar surface area (TPSA) is 21.3 Å². The van der Waals surface area contributed by atoms with E-state index in [1.807, 2.05) is 0 Å². The van der Waals surface area contributed by atoms with Crippen molar-refractivity contribution in [1.29, 1.82) is 0 Å². The number of unbranched alkanes of at least 4 members (excludes halogenated alkanes) is 1. The van der Waals surface area contributed by atoms with E-state index in [1.165, 1.54) is 24.8 Å². The molecule has 0 heterocycles. The van der Waals surface area contributed by atoms with Gasteiger partial charge in [0.2, 0.25) is 0 Å². The Hall–Kier alpha value is -0.860. The summed E-state index contributed by atoms with van der Waals surface area (Å²) in [5.74, 6) is 0. The highest BCUT2D eigenvalue weighted by Gasteiger charge is 2.09. The summed E-state index contributed by atoms with van der Waals surface area (Å²) >= 11 is 0. The standard InChI is InChI=1S/C16H27NO/c1-3-5-13-18-14-11-16(17-12-4-2)15-9-7-6-8-10-15/h6-10,16-17H,3-5,11-14H2,1-2H3. The molecule has 0 amide bonds. The minimum Gasteiger partial charge on any atom is -0.381 e. The summed E-state index contributed by atoms with van der Waals surface area (Å²) < 4.78 is 5.67. The van der Waals surface area contributed by atoms with Crippen LogP contribution in [0.5, 0.6) is 0 Å². The fourth-order valence-corrected chi connectivity index (χ4v) is 1.94. The molecule has 102 valence electrons. The lowest BCUT2D eigenvalue weighted by Crippen LogP contribution is -2.23. The van der Waals surface area contributed by atoms with Gasteiger partial charge in [-0.1, -0.05) is 50.6 Å². The SMILES string of the molecule is CCCCOCCC(NCCC)c1ccccc1. The lowest BCUT2D eigenvalue weighted by atomic mass is 10.0. The number of benzene rings is 1. The van der Waals surface area contributed by atoms with Gasteiger partial charge in [-0.15, -0.1) is 0 Å². The lowest BCUT2D eigenvalue weighted by Gasteiger charge is -2.19. The van der Waals surface area contributed by atoms with Crippen molar-refractivity contribution in [1.82, 2.24) is 5.32 Å². The van der Waals surface area contributed by atoms with Gasteiger partial charge in [0, 0.05) is 19.3 Å². The van der Waals surface area contributed by atoms with Crippen molar-refractivity contribution < 1.29 is 4.74 Å². The molecule has 0 fully saturated rings. The predicted octanol–water partition coefficient (Wildman–Crippen LogP) is 3.93. The molecule has 0 bridgehead atoms. The van der Waals surface area contributed by atoms with Crippen molar-refractivity contribution in [2.24, 2.45) is 0 Å². The van der Waals surface area contributed by atoms with Crippen LogP contribution < -0.4 is 5.32 Å². The number of ether oxygens (including phenoxy) is 1. The highest BCUT2D eigenvalue weighted by molar-refractivity contribution is 5.18. The number of hydrogen-bond acceptors (Lipinski definition) is 2. The third kappa shape index (κ3) is 6.18. The quantitative estimate of drug-likeness (QED) is 0.634. The maximum absolute atomic E-state index is 5.67. The molecule has 0 saturated heterocycles. The normalized spacial score (nSPS) is 12.6. The van der Waals surface area contributed by atoms with E-state index in [0.717, 1.165) is 26.2 Å². The van der Waals surface area contributed by atoms with E-state index >= 15 is 0 Å². The molecule has 0 radical (unpaired) electrons. The molecule has 1 aromatic carbocycles. The Balaban J connectivity index is 2.36. The summed E-state index contributed by atoms with van der Waals surface area (Å²) in [6.07, 6.45) is 4.59. The summed E-state index contributed by atoms with van der Waals surface area (Å²) in [4.78, 5) is 0. The molecule has 1 rings (SSSR count). The minimum atomic E-state index is 0.424. The van der Waals surface area contributed by atoms with Crippen LogP contribution in [0.1, 0.15) is 51.1 Å². The molecule has 1 aromatic rings. The van der Waals surface area contributed by atoms with Gasteiger partial charge in [0.15, 0.2) is 0 Å². The molecule has 0 aliphatic rings. The van der Waals surface area contributed by atoms with Gasteiger partial charge in [-0.25, -0.2) is 0 Å². The maximum atomic E-state index is 5.67. The van der Waals surface area contributed by atoms with Crippen LogP contribution >= 0.6 is 0 Å². The van der Waals surface area contributed by atoms with Crippen molar-refractivity contribution in [3.8, 4) is 0 Å². The number of hydrogen-bond donors (Lipinski definition) is 1. The summed E-state index contributed by atoms with van der Waals surface area (Å²) in [7, 11) is 0. The monoisotopic (exact) mass is 249 g/mol. The molecule has 0 saturated carbocycles. The van der Waals surface area contributed by atoms with Crippen molar-refractivity contribution in [3.05, 3.63) is 35.9 Å². The van der Waals surface area contributed by atoms with Crippen LogP contribution in [0.15, 0.2) is 30.3 Å². The Morgan fingerprint density at radius 3 is 2.50 bits per heavy atom. The summed E-state index contributed by atoms with van der Waals surface area (Å²) in [6, 6.07) is 11.1. The van der Waals surface area contributed by atoms with E-state index < -0.39 is 0 Å². The van der Waals surface area contributed by atoms with Gasteiger partial charge in [-0.05, 0) is 31.4 Å². The Morgan fingerprint density at radius 2 is 1.83 bits per heavy atom. The molecular weight excluding hydrogens is 222 g/mol. The van der Waals surface area contributed by atoms with E-state index in [9.17, 15) is 0 Å². The molecule has 1 N–H and O–H groups in total. The summed E-state index contributed by atoms with van der Waals surface area (Å²) in [5, 5.41) is 3.60. The molecule has 0 aromatic heterocycles. The predicted molar refractivity (Wildman–Crippen MR) is 77.8 cm³/mol. The fourth-order valence-electron chi connectivity index (χ4n) is 1.94. The van der Waals surface area contributed by atoms with Gasteiger partial charge in [-0.2, -0.15) is 0 Å². The van der Waals surface area contributed by atoms with Crippen LogP contribution in [-0.4, -0.2) is 19.8 Å². The van der Waals surface area contributed by atoms with Gasteiger partial charge in [0.25, 0.3) is 0 Å². The first kappa shape index (κ1) is 15.2. The molecule has 1 unspecified atom stereocenters. The second-order valence-corrected chi connectivity index (χ2v) is 4.67. The summed E-state index contributed by atoms with van der Waals surface area (Å²) in [5.41, 5.74) is 1.37. The number of nitrogens with one attached hydrogen (secondary N) is 1. The lowest BCUT2D eigenvalue weighted by molar-refractivity contribution is 0.121. The largest absolute Gasteiger partial charge is 0.381 e. The number of rotatable bonds is 10. The van der Waals surface area contributed by atoms with E-state index in [2.05, 4.69) is 49.5 Å². The van der Waals surface area contributed by atoms with Crippen LogP contribution in [0.3, 0.4) is 0 Å². The van der Waals surface area contributed by atoms with Crippen LogP contribution in [-0.2, 0) is 4.74 Å². The van der Waals surface area contributed by atoms with Gasteiger partial charge in [0.1, 0.15) is 0 Å². The zero-order valence-corrected chi connectivity index (χ0v) is 11.8. The van der Waals surface area contributed by atoms with Crippen molar-refractivity contribution in [3.63, 3.8) is 0 Å². The van der Waals surface area contributed by atoms with Gasteiger partial charge >= 0.3 is 0 Å². The molecule has 0 spiro atoms. The van der Waals surface area contributed by atoms with E-state index in [4.69, 9.17) is 4.74 Å². The zero-order valence-electron chi connectivity index (χ0n) is 11.8. The Morgan fingerprint density at radius 1 is 1.06 bits per heavy atom. The van der Waals surface area contributed by atoms with Gasteiger partial charge in [0.05, 0.1) is 0 Å². The van der Waals surface area contributed by atoms with E-state index in [-0.39, 0.29) is 0 Å². The molecule has 18 heavy (non-hydrogen) atoms. The zero-order chi connectivity index (χ0) is 13.1. The van der Waals surface area contributed by atoms with Crippen molar-refractivity contribution in [2.75, 3.05) is 19.8 Å². The minimum absolute atomic E-state index is 0.424. The molecule has 2 heteroatoms. The Labute approximate surface area is 112 Å². The van der Waals surface area contributed by atoms with Gasteiger partial charge < -0.3 is 10.1 Å². The average molecular weight is 249 g/mol. The van der Waals surface area contributed by atoms with Crippen LogP contribution in [0.25, 0.3) is 0 Å². The van der Waals surface area contributed by atoms with Crippen molar-refractivity contribution >= 4 is 0 Å². The third-order valence-corrected chi connectivity index (χ3v) is 3.04. The maximum Gasteiger partial charge on any atom is 0.0484 e. The first-order chi connectivity index (χ1) is 8.88. The van der Waals surface area contributed by atoms with Crippen LogP contribution in [0, 0.1) is 0 Å².